The average molecular weight is 302 g/mol. The second-order valence-electron chi connectivity index (χ2n) is 5.26. The molecule has 2 aromatic rings. The van der Waals surface area contributed by atoms with E-state index >= 15 is 0 Å². The summed E-state index contributed by atoms with van der Waals surface area (Å²) >= 11 is 1.68. The summed E-state index contributed by atoms with van der Waals surface area (Å²) in [5.41, 5.74) is 6.91. The Hall–Kier alpha value is -1.52. The van der Waals surface area contributed by atoms with Crippen LogP contribution in [-0.2, 0) is 4.79 Å². The zero-order valence-electron chi connectivity index (χ0n) is 12.5. The Kier molecular flexibility index (Phi) is 5.65. The molecule has 0 aliphatic rings. The van der Waals surface area contributed by atoms with E-state index in [2.05, 4.69) is 29.6 Å². The molecule has 0 heterocycles. The molecule has 0 aliphatic carbocycles. The van der Waals surface area contributed by atoms with Crippen LogP contribution in [0.2, 0.25) is 0 Å². The summed E-state index contributed by atoms with van der Waals surface area (Å²) in [6, 6.07) is 14.3. The topological polar surface area (TPSA) is 55.1 Å². The van der Waals surface area contributed by atoms with Gasteiger partial charge in [-0.2, -0.15) is 11.8 Å². The summed E-state index contributed by atoms with van der Waals surface area (Å²) < 4.78 is 0. The Labute approximate surface area is 130 Å². The predicted octanol–water partition coefficient (Wildman–Crippen LogP) is 2.95. The SMILES string of the molecule is CSCC(C)C(=O)NC(CN)c1ccc2ccccc2c1. The Morgan fingerprint density at radius 3 is 2.62 bits per heavy atom. The summed E-state index contributed by atoms with van der Waals surface area (Å²) in [6.07, 6.45) is 2.01. The molecule has 4 heteroatoms. The number of benzene rings is 2. The lowest BCUT2D eigenvalue weighted by molar-refractivity contribution is -0.124. The molecule has 112 valence electrons. The average Bonchev–Trinajstić information content (AvgIpc) is 2.52. The standard InChI is InChI=1S/C17H22N2OS/c1-12(11-21-2)17(20)19-16(10-18)15-8-7-13-5-3-4-6-14(13)9-15/h3-9,12,16H,10-11,18H2,1-2H3,(H,19,20). The third kappa shape index (κ3) is 3.99. The number of thioether (sulfide) groups is 1. The third-order valence-electron chi connectivity index (χ3n) is 3.59. The Morgan fingerprint density at radius 1 is 1.24 bits per heavy atom. The van der Waals surface area contributed by atoms with Gasteiger partial charge in [0.2, 0.25) is 5.91 Å². The minimum Gasteiger partial charge on any atom is -0.348 e. The van der Waals surface area contributed by atoms with E-state index in [1.165, 1.54) is 10.8 Å². The van der Waals surface area contributed by atoms with Crippen molar-refractivity contribution in [2.45, 2.75) is 13.0 Å². The van der Waals surface area contributed by atoms with Crippen molar-refractivity contribution in [1.82, 2.24) is 5.32 Å². The van der Waals surface area contributed by atoms with E-state index in [1.807, 2.05) is 31.4 Å². The molecule has 0 spiro atoms. The van der Waals surface area contributed by atoms with Crippen LogP contribution in [0.4, 0.5) is 0 Å². The maximum Gasteiger partial charge on any atom is 0.224 e. The van der Waals surface area contributed by atoms with Crippen molar-refractivity contribution in [3.63, 3.8) is 0 Å². The van der Waals surface area contributed by atoms with E-state index in [0.29, 0.717) is 6.54 Å². The third-order valence-corrected chi connectivity index (χ3v) is 4.43. The molecule has 2 unspecified atom stereocenters. The van der Waals surface area contributed by atoms with Gasteiger partial charge in [-0.15, -0.1) is 0 Å². The van der Waals surface area contributed by atoms with Gasteiger partial charge in [0.1, 0.15) is 0 Å². The highest BCUT2D eigenvalue weighted by molar-refractivity contribution is 7.98. The molecule has 0 fully saturated rings. The van der Waals surface area contributed by atoms with Gasteiger partial charge in [-0.3, -0.25) is 4.79 Å². The fourth-order valence-corrected chi connectivity index (χ4v) is 2.99. The maximum atomic E-state index is 12.2. The number of rotatable bonds is 6. The van der Waals surface area contributed by atoms with E-state index in [0.717, 1.165) is 11.3 Å². The van der Waals surface area contributed by atoms with E-state index in [9.17, 15) is 4.79 Å². The molecule has 0 aliphatic heterocycles. The van der Waals surface area contributed by atoms with Crippen molar-refractivity contribution in [1.29, 1.82) is 0 Å². The van der Waals surface area contributed by atoms with Gasteiger partial charge in [0.25, 0.3) is 0 Å². The van der Waals surface area contributed by atoms with Gasteiger partial charge in [0.05, 0.1) is 6.04 Å². The maximum absolute atomic E-state index is 12.2. The van der Waals surface area contributed by atoms with Gasteiger partial charge in [-0.05, 0) is 28.7 Å². The molecule has 0 saturated carbocycles. The second-order valence-corrected chi connectivity index (χ2v) is 6.17. The first-order valence-electron chi connectivity index (χ1n) is 7.13. The molecule has 2 rings (SSSR count). The molecule has 1 amide bonds. The van der Waals surface area contributed by atoms with Gasteiger partial charge in [-0.1, -0.05) is 43.3 Å². The first-order valence-corrected chi connectivity index (χ1v) is 8.53. The molecule has 2 aromatic carbocycles. The predicted molar refractivity (Wildman–Crippen MR) is 91.4 cm³/mol. The van der Waals surface area contributed by atoms with Gasteiger partial charge in [0.15, 0.2) is 0 Å². The summed E-state index contributed by atoms with van der Waals surface area (Å²) in [4.78, 5) is 12.2. The first kappa shape index (κ1) is 15.9. The Balaban J connectivity index is 2.17. The zero-order valence-corrected chi connectivity index (χ0v) is 13.3. The fourth-order valence-electron chi connectivity index (χ4n) is 2.34. The van der Waals surface area contributed by atoms with Crippen LogP contribution in [0.1, 0.15) is 18.5 Å². The minimum absolute atomic E-state index is 0.00509. The van der Waals surface area contributed by atoms with Gasteiger partial charge in [0, 0.05) is 18.2 Å². The quantitative estimate of drug-likeness (QED) is 0.862. The van der Waals surface area contributed by atoms with E-state index in [1.54, 1.807) is 11.8 Å². The van der Waals surface area contributed by atoms with Crippen LogP contribution in [0, 0.1) is 5.92 Å². The second kappa shape index (κ2) is 7.48. The van der Waals surface area contributed by atoms with Crippen LogP contribution in [0.15, 0.2) is 42.5 Å². The van der Waals surface area contributed by atoms with Crippen molar-refractivity contribution in [2.75, 3.05) is 18.6 Å². The molecule has 0 bridgehead atoms. The number of amides is 1. The number of carbonyl (C=O) groups excluding carboxylic acids is 1. The van der Waals surface area contributed by atoms with E-state index in [-0.39, 0.29) is 17.9 Å². The fraction of sp³-hybridized carbons (Fsp3) is 0.353. The van der Waals surface area contributed by atoms with Crippen molar-refractivity contribution in [3.05, 3.63) is 48.0 Å². The molecular weight excluding hydrogens is 280 g/mol. The van der Waals surface area contributed by atoms with Crippen LogP contribution in [-0.4, -0.2) is 24.5 Å². The van der Waals surface area contributed by atoms with Crippen LogP contribution in [0.5, 0.6) is 0 Å². The first-order chi connectivity index (χ1) is 10.2. The van der Waals surface area contributed by atoms with Crippen LogP contribution in [0.25, 0.3) is 10.8 Å². The molecule has 3 nitrogen and oxygen atoms in total. The molecule has 2 atom stereocenters. The Morgan fingerprint density at radius 2 is 1.95 bits per heavy atom. The summed E-state index contributed by atoms with van der Waals surface area (Å²) in [5, 5.41) is 5.42. The molecule has 21 heavy (non-hydrogen) atoms. The van der Waals surface area contributed by atoms with Crippen molar-refractivity contribution < 1.29 is 4.79 Å². The summed E-state index contributed by atoms with van der Waals surface area (Å²) in [6.45, 7) is 2.34. The monoisotopic (exact) mass is 302 g/mol. The number of nitrogens with one attached hydrogen (secondary N) is 1. The highest BCUT2D eigenvalue weighted by atomic mass is 32.2. The normalized spacial score (nSPS) is 13.9. The van der Waals surface area contributed by atoms with Gasteiger partial charge in [-0.25, -0.2) is 0 Å². The smallest absolute Gasteiger partial charge is 0.224 e. The lowest BCUT2D eigenvalue weighted by Crippen LogP contribution is -2.37. The Bertz CT molecular complexity index is 615. The highest BCUT2D eigenvalue weighted by Gasteiger charge is 2.17. The molecule has 0 aromatic heterocycles. The highest BCUT2D eigenvalue weighted by Crippen LogP contribution is 2.20. The van der Waals surface area contributed by atoms with Crippen molar-refractivity contribution in [3.8, 4) is 0 Å². The van der Waals surface area contributed by atoms with E-state index < -0.39 is 0 Å². The molecular formula is C17H22N2OS. The minimum atomic E-state index is -0.133. The van der Waals surface area contributed by atoms with Crippen LogP contribution < -0.4 is 11.1 Å². The van der Waals surface area contributed by atoms with Gasteiger partial charge < -0.3 is 11.1 Å². The molecule has 0 radical (unpaired) electrons. The number of fused-ring (bicyclic) bond motifs is 1. The van der Waals surface area contributed by atoms with Crippen LogP contribution in [0.3, 0.4) is 0 Å². The molecule has 0 saturated heterocycles. The van der Waals surface area contributed by atoms with E-state index in [4.69, 9.17) is 5.73 Å². The summed E-state index contributed by atoms with van der Waals surface area (Å²) in [7, 11) is 0. The number of carbonyl (C=O) groups is 1. The number of hydrogen-bond donors (Lipinski definition) is 2. The largest absolute Gasteiger partial charge is 0.348 e. The lowest BCUT2D eigenvalue weighted by atomic mass is 10.0. The zero-order chi connectivity index (χ0) is 15.2. The number of nitrogens with two attached hydrogens (primary N) is 1. The number of hydrogen-bond acceptors (Lipinski definition) is 3. The van der Waals surface area contributed by atoms with Gasteiger partial charge >= 0.3 is 0 Å². The lowest BCUT2D eigenvalue weighted by Gasteiger charge is -2.20. The van der Waals surface area contributed by atoms with Crippen molar-refractivity contribution >= 4 is 28.4 Å². The molecule has 3 N–H and O–H groups in total. The summed E-state index contributed by atoms with van der Waals surface area (Å²) in [5.74, 6) is 0.878. The van der Waals surface area contributed by atoms with Crippen LogP contribution >= 0.6 is 11.8 Å². The van der Waals surface area contributed by atoms with Crippen molar-refractivity contribution in [2.24, 2.45) is 11.7 Å².